The van der Waals surface area contributed by atoms with E-state index in [2.05, 4.69) is 42.2 Å². The van der Waals surface area contributed by atoms with Crippen LogP contribution in [0.1, 0.15) is 26.3 Å². The highest BCUT2D eigenvalue weighted by atomic mass is 15.3. The van der Waals surface area contributed by atoms with Gasteiger partial charge >= 0.3 is 0 Å². The Hall–Kier alpha value is -1.68. The standard InChI is InChI=1S/C14H20N4/c1-14(2,3)11-15-10-12-5-7-16-13(9-12)18-8-4-6-17-18/h4-9,15H,10-11H2,1-3H3. The quantitative estimate of drug-likeness (QED) is 0.898. The molecule has 2 heterocycles. The predicted molar refractivity (Wildman–Crippen MR) is 72.5 cm³/mol. The van der Waals surface area contributed by atoms with E-state index in [-0.39, 0.29) is 0 Å². The smallest absolute Gasteiger partial charge is 0.153 e. The summed E-state index contributed by atoms with van der Waals surface area (Å²) in [6, 6.07) is 5.98. The van der Waals surface area contributed by atoms with E-state index in [0.717, 1.165) is 18.9 Å². The van der Waals surface area contributed by atoms with E-state index < -0.39 is 0 Å². The van der Waals surface area contributed by atoms with Gasteiger partial charge in [-0.05, 0) is 29.2 Å². The van der Waals surface area contributed by atoms with Crippen molar-refractivity contribution in [1.29, 1.82) is 0 Å². The van der Waals surface area contributed by atoms with Crippen molar-refractivity contribution in [3.05, 3.63) is 42.4 Å². The summed E-state index contributed by atoms with van der Waals surface area (Å²) in [7, 11) is 0. The zero-order valence-electron chi connectivity index (χ0n) is 11.2. The molecular formula is C14H20N4. The largest absolute Gasteiger partial charge is 0.312 e. The molecule has 0 aliphatic rings. The molecule has 96 valence electrons. The summed E-state index contributed by atoms with van der Waals surface area (Å²) >= 11 is 0. The molecule has 4 nitrogen and oxygen atoms in total. The molecule has 0 bridgehead atoms. The van der Waals surface area contributed by atoms with Gasteiger partial charge in [-0.15, -0.1) is 0 Å². The number of pyridine rings is 1. The van der Waals surface area contributed by atoms with Gasteiger partial charge in [0, 0.05) is 31.7 Å². The van der Waals surface area contributed by atoms with Crippen LogP contribution in [0, 0.1) is 5.41 Å². The van der Waals surface area contributed by atoms with Gasteiger partial charge < -0.3 is 5.32 Å². The second-order valence-corrected chi connectivity index (χ2v) is 5.64. The van der Waals surface area contributed by atoms with Crippen LogP contribution in [-0.2, 0) is 6.54 Å². The minimum absolute atomic E-state index is 0.303. The molecule has 0 unspecified atom stereocenters. The average Bonchev–Trinajstić information content (AvgIpc) is 2.81. The maximum absolute atomic E-state index is 4.31. The van der Waals surface area contributed by atoms with Crippen LogP contribution in [0.25, 0.3) is 5.82 Å². The van der Waals surface area contributed by atoms with Gasteiger partial charge in [0.15, 0.2) is 5.82 Å². The normalized spacial score (nSPS) is 11.7. The number of aromatic nitrogens is 3. The SMILES string of the molecule is CC(C)(C)CNCc1ccnc(-n2cccn2)c1. The van der Waals surface area contributed by atoms with E-state index in [1.54, 1.807) is 10.9 Å². The van der Waals surface area contributed by atoms with Crippen molar-refractivity contribution in [3.63, 3.8) is 0 Å². The van der Waals surface area contributed by atoms with Crippen LogP contribution in [0.5, 0.6) is 0 Å². The highest BCUT2D eigenvalue weighted by molar-refractivity contribution is 5.26. The van der Waals surface area contributed by atoms with Crippen molar-refractivity contribution in [2.24, 2.45) is 5.41 Å². The summed E-state index contributed by atoms with van der Waals surface area (Å²) in [5.74, 6) is 0.857. The van der Waals surface area contributed by atoms with Crippen LogP contribution in [0.15, 0.2) is 36.8 Å². The van der Waals surface area contributed by atoms with Crippen LogP contribution < -0.4 is 5.32 Å². The third kappa shape index (κ3) is 3.67. The van der Waals surface area contributed by atoms with Gasteiger partial charge in [0.2, 0.25) is 0 Å². The maximum Gasteiger partial charge on any atom is 0.153 e. The summed E-state index contributed by atoms with van der Waals surface area (Å²) < 4.78 is 1.77. The second-order valence-electron chi connectivity index (χ2n) is 5.64. The maximum atomic E-state index is 4.31. The lowest BCUT2D eigenvalue weighted by atomic mass is 9.97. The monoisotopic (exact) mass is 244 g/mol. The third-order valence-corrected chi connectivity index (χ3v) is 2.53. The zero-order valence-corrected chi connectivity index (χ0v) is 11.2. The van der Waals surface area contributed by atoms with E-state index in [9.17, 15) is 0 Å². The number of nitrogens with zero attached hydrogens (tertiary/aromatic N) is 3. The molecule has 2 aromatic rings. The molecule has 0 amide bonds. The molecule has 0 saturated heterocycles. The van der Waals surface area contributed by atoms with Crippen LogP contribution in [0.2, 0.25) is 0 Å². The Morgan fingerprint density at radius 2 is 2.11 bits per heavy atom. The van der Waals surface area contributed by atoms with Gasteiger partial charge in [0.05, 0.1) is 0 Å². The average molecular weight is 244 g/mol. The lowest BCUT2D eigenvalue weighted by Crippen LogP contribution is -2.26. The van der Waals surface area contributed by atoms with E-state index >= 15 is 0 Å². The fourth-order valence-electron chi connectivity index (χ4n) is 1.68. The molecule has 0 saturated carbocycles. The molecule has 1 N–H and O–H groups in total. The van der Waals surface area contributed by atoms with Crippen LogP contribution in [0.3, 0.4) is 0 Å². The van der Waals surface area contributed by atoms with Crippen molar-refractivity contribution < 1.29 is 0 Å². The Labute approximate surface area is 108 Å². The Balaban J connectivity index is 2.00. The predicted octanol–water partition coefficient (Wildman–Crippen LogP) is 2.40. The summed E-state index contributed by atoms with van der Waals surface area (Å²) in [6.07, 6.45) is 5.48. The highest BCUT2D eigenvalue weighted by Crippen LogP contribution is 2.11. The fraction of sp³-hybridized carbons (Fsp3) is 0.429. The summed E-state index contributed by atoms with van der Waals surface area (Å²) in [4.78, 5) is 4.31. The molecule has 0 radical (unpaired) electrons. The minimum Gasteiger partial charge on any atom is -0.312 e. The highest BCUT2D eigenvalue weighted by Gasteiger charge is 2.09. The summed E-state index contributed by atoms with van der Waals surface area (Å²) in [5, 5.41) is 7.64. The summed E-state index contributed by atoms with van der Waals surface area (Å²) in [5.41, 5.74) is 1.53. The molecule has 0 fully saturated rings. The molecule has 0 spiro atoms. The number of nitrogens with one attached hydrogen (secondary N) is 1. The van der Waals surface area contributed by atoms with Crippen LogP contribution in [0.4, 0.5) is 0 Å². The molecule has 0 aromatic carbocycles. The first-order valence-corrected chi connectivity index (χ1v) is 6.20. The lowest BCUT2D eigenvalue weighted by Gasteiger charge is -2.18. The molecule has 18 heavy (non-hydrogen) atoms. The summed E-state index contributed by atoms with van der Waals surface area (Å²) in [6.45, 7) is 8.52. The van der Waals surface area contributed by atoms with Gasteiger partial charge in [-0.1, -0.05) is 20.8 Å². The van der Waals surface area contributed by atoms with Crippen molar-refractivity contribution in [2.45, 2.75) is 27.3 Å². The second kappa shape index (κ2) is 5.31. The first kappa shape index (κ1) is 12.8. The van der Waals surface area contributed by atoms with Crippen molar-refractivity contribution >= 4 is 0 Å². The first-order valence-electron chi connectivity index (χ1n) is 6.20. The van der Waals surface area contributed by atoms with Crippen molar-refractivity contribution in [1.82, 2.24) is 20.1 Å². The van der Waals surface area contributed by atoms with Gasteiger partial charge in [0.25, 0.3) is 0 Å². The Kier molecular flexibility index (Phi) is 3.77. The van der Waals surface area contributed by atoms with Crippen molar-refractivity contribution in [3.8, 4) is 5.82 Å². The van der Waals surface area contributed by atoms with Crippen LogP contribution in [-0.4, -0.2) is 21.3 Å². The van der Waals surface area contributed by atoms with E-state index in [1.165, 1.54) is 5.56 Å². The number of hydrogen-bond acceptors (Lipinski definition) is 3. The Morgan fingerprint density at radius 1 is 1.28 bits per heavy atom. The first-order chi connectivity index (χ1) is 8.54. The molecule has 2 rings (SSSR count). The third-order valence-electron chi connectivity index (χ3n) is 2.53. The van der Waals surface area contributed by atoms with E-state index in [0.29, 0.717) is 5.41 Å². The molecule has 0 atom stereocenters. The molecule has 4 heteroatoms. The van der Waals surface area contributed by atoms with Crippen molar-refractivity contribution in [2.75, 3.05) is 6.54 Å². The Bertz CT molecular complexity index is 483. The zero-order chi connectivity index (χ0) is 13.0. The van der Waals surface area contributed by atoms with Gasteiger partial charge in [-0.25, -0.2) is 9.67 Å². The van der Waals surface area contributed by atoms with E-state index in [4.69, 9.17) is 0 Å². The lowest BCUT2D eigenvalue weighted by molar-refractivity contribution is 0.379. The number of hydrogen-bond donors (Lipinski definition) is 1. The molecule has 0 aliphatic heterocycles. The fourth-order valence-corrected chi connectivity index (χ4v) is 1.68. The molecular weight excluding hydrogens is 224 g/mol. The van der Waals surface area contributed by atoms with Gasteiger partial charge in [-0.2, -0.15) is 5.10 Å². The van der Waals surface area contributed by atoms with Gasteiger partial charge in [0.1, 0.15) is 0 Å². The molecule has 2 aromatic heterocycles. The molecule has 0 aliphatic carbocycles. The topological polar surface area (TPSA) is 42.7 Å². The number of rotatable bonds is 4. The van der Waals surface area contributed by atoms with Crippen LogP contribution >= 0.6 is 0 Å². The van der Waals surface area contributed by atoms with E-state index in [1.807, 2.05) is 24.5 Å². The Morgan fingerprint density at radius 3 is 2.78 bits per heavy atom. The minimum atomic E-state index is 0.303. The van der Waals surface area contributed by atoms with Gasteiger partial charge in [-0.3, -0.25) is 0 Å².